The fourth-order valence-corrected chi connectivity index (χ4v) is 4.75. The van der Waals surface area contributed by atoms with Crippen molar-refractivity contribution in [3.05, 3.63) is 29.6 Å². The molecular weight excluding hydrogens is 315 g/mol. The van der Waals surface area contributed by atoms with E-state index in [4.69, 9.17) is 15.4 Å². The van der Waals surface area contributed by atoms with Gasteiger partial charge < -0.3 is 4.74 Å². The van der Waals surface area contributed by atoms with Gasteiger partial charge in [0.05, 0.1) is 12.4 Å². The van der Waals surface area contributed by atoms with Crippen molar-refractivity contribution in [1.82, 2.24) is 0 Å². The van der Waals surface area contributed by atoms with Crippen LogP contribution in [0.3, 0.4) is 0 Å². The van der Waals surface area contributed by atoms with Gasteiger partial charge in [-0.25, -0.2) is 12.8 Å². The van der Waals surface area contributed by atoms with Crippen molar-refractivity contribution in [2.24, 2.45) is 5.41 Å². The number of hydrogen-bond donors (Lipinski definition) is 0. The highest BCUT2D eigenvalue weighted by Crippen LogP contribution is 2.39. The van der Waals surface area contributed by atoms with Gasteiger partial charge in [-0.05, 0) is 37.5 Å². The molecule has 0 amide bonds. The molecule has 0 aromatic heterocycles. The lowest BCUT2D eigenvalue weighted by Crippen LogP contribution is -2.37. The first-order valence-corrected chi connectivity index (χ1v) is 9.59. The molecule has 1 aliphatic rings. The molecule has 6 heteroatoms. The highest BCUT2D eigenvalue weighted by atomic mass is 35.7. The SMILES string of the molecule is Cc1ccc(F)c(OCC2(CS(=O)(=O)Cl)CCCCC2)c1. The maximum atomic E-state index is 13.7. The van der Waals surface area contributed by atoms with Gasteiger partial charge in [0, 0.05) is 16.1 Å². The topological polar surface area (TPSA) is 43.4 Å². The fourth-order valence-electron chi connectivity index (χ4n) is 2.95. The molecule has 0 saturated heterocycles. The number of aryl methyl sites for hydroxylation is 1. The Hall–Kier alpha value is -0.810. The summed E-state index contributed by atoms with van der Waals surface area (Å²) in [5.74, 6) is -0.373. The molecule has 0 atom stereocenters. The third kappa shape index (κ3) is 4.85. The zero-order valence-electron chi connectivity index (χ0n) is 12.1. The predicted octanol–water partition coefficient (Wildman–Crippen LogP) is 4.03. The van der Waals surface area contributed by atoms with Crippen LogP contribution in [-0.4, -0.2) is 20.8 Å². The quantitative estimate of drug-likeness (QED) is 0.763. The first-order chi connectivity index (χ1) is 9.80. The lowest BCUT2D eigenvalue weighted by Gasteiger charge is -2.35. The average Bonchev–Trinajstić information content (AvgIpc) is 2.39. The van der Waals surface area contributed by atoms with Gasteiger partial charge in [0.2, 0.25) is 9.05 Å². The number of rotatable bonds is 5. The Morgan fingerprint density at radius 3 is 2.57 bits per heavy atom. The van der Waals surface area contributed by atoms with Crippen LogP contribution < -0.4 is 4.74 Å². The number of ether oxygens (including phenoxy) is 1. The third-order valence-corrected chi connectivity index (χ3v) is 5.30. The second-order valence-corrected chi connectivity index (χ2v) is 8.74. The van der Waals surface area contributed by atoms with Crippen LogP contribution in [0, 0.1) is 18.2 Å². The highest BCUT2D eigenvalue weighted by Gasteiger charge is 2.37. The van der Waals surface area contributed by atoms with Crippen LogP contribution in [0.4, 0.5) is 4.39 Å². The van der Waals surface area contributed by atoms with E-state index in [-0.39, 0.29) is 18.1 Å². The summed E-state index contributed by atoms with van der Waals surface area (Å²) in [6, 6.07) is 4.65. The summed E-state index contributed by atoms with van der Waals surface area (Å²) in [5.41, 5.74) is 0.392. The molecule has 1 aromatic rings. The fraction of sp³-hybridized carbons (Fsp3) is 0.600. The first kappa shape index (κ1) is 16.6. The van der Waals surface area contributed by atoms with Crippen LogP contribution in [0.1, 0.15) is 37.7 Å². The molecule has 0 heterocycles. The molecule has 3 nitrogen and oxygen atoms in total. The Balaban J connectivity index is 2.14. The summed E-state index contributed by atoms with van der Waals surface area (Å²) in [6.07, 6.45) is 4.47. The molecule has 118 valence electrons. The summed E-state index contributed by atoms with van der Waals surface area (Å²) in [7, 11) is 1.83. The van der Waals surface area contributed by atoms with E-state index in [0.29, 0.717) is 0 Å². The van der Waals surface area contributed by atoms with Crippen molar-refractivity contribution >= 4 is 19.7 Å². The van der Waals surface area contributed by atoms with Crippen LogP contribution in [0.25, 0.3) is 0 Å². The minimum atomic E-state index is -3.61. The predicted molar refractivity (Wildman–Crippen MR) is 81.8 cm³/mol. The van der Waals surface area contributed by atoms with Crippen molar-refractivity contribution in [2.45, 2.75) is 39.0 Å². The normalized spacial score (nSPS) is 18.4. The van der Waals surface area contributed by atoms with Crippen LogP contribution in [0.15, 0.2) is 18.2 Å². The van der Waals surface area contributed by atoms with Gasteiger partial charge in [0.1, 0.15) is 0 Å². The molecule has 1 aliphatic carbocycles. The van der Waals surface area contributed by atoms with Gasteiger partial charge in [-0.2, -0.15) is 0 Å². The molecule has 0 aliphatic heterocycles. The number of benzene rings is 1. The largest absolute Gasteiger partial charge is 0.490 e. The van der Waals surface area contributed by atoms with Crippen molar-refractivity contribution in [2.75, 3.05) is 12.4 Å². The zero-order chi connectivity index (χ0) is 15.5. The van der Waals surface area contributed by atoms with Gasteiger partial charge in [-0.3, -0.25) is 0 Å². The van der Waals surface area contributed by atoms with E-state index in [9.17, 15) is 12.8 Å². The number of halogens is 2. The lowest BCUT2D eigenvalue weighted by molar-refractivity contribution is 0.116. The summed E-state index contributed by atoms with van der Waals surface area (Å²) < 4.78 is 42.3. The lowest BCUT2D eigenvalue weighted by atomic mass is 9.76. The Labute approximate surface area is 129 Å². The van der Waals surface area contributed by atoms with Gasteiger partial charge in [-0.15, -0.1) is 0 Å². The Morgan fingerprint density at radius 1 is 1.29 bits per heavy atom. The van der Waals surface area contributed by atoms with Crippen molar-refractivity contribution < 1.29 is 17.5 Å². The van der Waals surface area contributed by atoms with Crippen molar-refractivity contribution in [1.29, 1.82) is 0 Å². The molecule has 2 rings (SSSR count). The minimum Gasteiger partial charge on any atom is -0.490 e. The van der Waals surface area contributed by atoms with Crippen LogP contribution in [0.5, 0.6) is 5.75 Å². The van der Waals surface area contributed by atoms with E-state index >= 15 is 0 Å². The van der Waals surface area contributed by atoms with E-state index in [2.05, 4.69) is 0 Å². The molecule has 0 bridgehead atoms. The van der Waals surface area contributed by atoms with Gasteiger partial charge in [-0.1, -0.05) is 25.3 Å². The van der Waals surface area contributed by atoms with E-state index in [0.717, 1.165) is 37.7 Å². The Kier molecular flexibility index (Phi) is 5.15. The summed E-state index contributed by atoms with van der Waals surface area (Å²) in [6.45, 7) is 2.03. The number of hydrogen-bond acceptors (Lipinski definition) is 3. The zero-order valence-corrected chi connectivity index (χ0v) is 13.6. The van der Waals surface area contributed by atoms with E-state index < -0.39 is 20.3 Å². The third-order valence-electron chi connectivity index (χ3n) is 4.01. The molecule has 0 unspecified atom stereocenters. The minimum absolute atomic E-state index is 0.116. The monoisotopic (exact) mass is 334 g/mol. The molecule has 0 N–H and O–H groups in total. The summed E-state index contributed by atoms with van der Waals surface area (Å²) in [4.78, 5) is 0. The Bertz CT molecular complexity index is 595. The maximum Gasteiger partial charge on any atom is 0.233 e. The van der Waals surface area contributed by atoms with E-state index in [1.165, 1.54) is 6.07 Å². The van der Waals surface area contributed by atoms with Gasteiger partial charge in [0.15, 0.2) is 11.6 Å². The van der Waals surface area contributed by atoms with Gasteiger partial charge in [0.25, 0.3) is 0 Å². The van der Waals surface area contributed by atoms with Gasteiger partial charge >= 0.3 is 0 Å². The summed E-state index contributed by atoms with van der Waals surface area (Å²) >= 11 is 0. The van der Waals surface area contributed by atoms with Crippen LogP contribution in [0.2, 0.25) is 0 Å². The summed E-state index contributed by atoms with van der Waals surface area (Å²) in [5, 5.41) is 0. The van der Waals surface area contributed by atoms with Crippen molar-refractivity contribution in [3.8, 4) is 5.75 Å². The highest BCUT2D eigenvalue weighted by molar-refractivity contribution is 8.13. The average molecular weight is 335 g/mol. The molecule has 1 aromatic carbocycles. The van der Waals surface area contributed by atoms with E-state index in [1.54, 1.807) is 12.1 Å². The van der Waals surface area contributed by atoms with Crippen molar-refractivity contribution in [3.63, 3.8) is 0 Å². The maximum absolute atomic E-state index is 13.7. The molecule has 1 fully saturated rings. The molecule has 0 spiro atoms. The Morgan fingerprint density at radius 2 is 1.95 bits per heavy atom. The molecule has 0 radical (unpaired) electrons. The standard InChI is InChI=1S/C15H20ClFO3S/c1-12-5-6-13(17)14(9-12)20-10-15(11-21(16,18)19)7-3-2-4-8-15/h5-6,9H,2-4,7-8,10-11H2,1H3. The van der Waals surface area contributed by atoms with Crippen LogP contribution >= 0.6 is 10.7 Å². The second-order valence-electron chi connectivity index (χ2n) is 5.97. The molecule has 1 saturated carbocycles. The van der Waals surface area contributed by atoms with Crippen LogP contribution in [-0.2, 0) is 9.05 Å². The second kappa shape index (κ2) is 6.53. The molecule has 21 heavy (non-hydrogen) atoms. The molecular formula is C15H20ClFO3S. The smallest absolute Gasteiger partial charge is 0.233 e. The first-order valence-electron chi connectivity index (χ1n) is 7.11. The van der Waals surface area contributed by atoms with E-state index in [1.807, 2.05) is 6.92 Å².